The summed E-state index contributed by atoms with van der Waals surface area (Å²) in [5, 5.41) is 3.78. The molecule has 0 bridgehead atoms. The summed E-state index contributed by atoms with van der Waals surface area (Å²) < 4.78 is 11.0. The highest BCUT2D eigenvalue weighted by Crippen LogP contribution is 2.41. The first kappa shape index (κ1) is 12.8. The fraction of sp³-hybridized carbons (Fsp3) is 0.625. The van der Waals surface area contributed by atoms with Crippen LogP contribution in [0.4, 0.5) is 0 Å². The summed E-state index contributed by atoms with van der Waals surface area (Å²) in [5.74, 6) is 1.79. The Balaban J connectivity index is 1.97. The number of nitrogens with one attached hydrogen (secondary N) is 1. The van der Waals surface area contributed by atoms with E-state index in [1.165, 1.54) is 43.2 Å². The minimum Gasteiger partial charge on any atom is -0.493 e. The van der Waals surface area contributed by atoms with Crippen LogP contribution in [0.15, 0.2) is 12.1 Å². The van der Waals surface area contributed by atoms with Crippen LogP contribution in [0.3, 0.4) is 0 Å². The van der Waals surface area contributed by atoms with Crippen molar-refractivity contribution in [1.29, 1.82) is 0 Å². The van der Waals surface area contributed by atoms with E-state index in [1.54, 1.807) is 14.2 Å². The number of rotatable bonds is 2. The van der Waals surface area contributed by atoms with Gasteiger partial charge in [0.15, 0.2) is 11.5 Å². The number of ether oxygens (including phenoxy) is 2. The van der Waals surface area contributed by atoms with E-state index in [1.807, 2.05) is 6.07 Å². The molecule has 3 rings (SSSR count). The summed E-state index contributed by atoms with van der Waals surface area (Å²) in [5.41, 5.74) is 3.00. The maximum atomic E-state index is 5.62. The average molecular weight is 261 g/mol. The van der Waals surface area contributed by atoms with Gasteiger partial charge in [0.2, 0.25) is 0 Å². The van der Waals surface area contributed by atoms with E-state index < -0.39 is 0 Å². The summed E-state index contributed by atoms with van der Waals surface area (Å²) >= 11 is 0. The Hall–Kier alpha value is -1.22. The normalized spacial score (nSPS) is 20.9. The van der Waals surface area contributed by atoms with Gasteiger partial charge in [-0.2, -0.15) is 0 Å². The van der Waals surface area contributed by atoms with Gasteiger partial charge < -0.3 is 14.8 Å². The van der Waals surface area contributed by atoms with E-state index in [2.05, 4.69) is 11.4 Å². The first-order valence-electron chi connectivity index (χ1n) is 7.26. The van der Waals surface area contributed by atoms with Gasteiger partial charge in [-0.25, -0.2) is 0 Å². The molecule has 0 unspecified atom stereocenters. The zero-order valence-electron chi connectivity index (χ0n) is 11.9. The van der Waals surface area contributed by atoms with Crippen molar-refractivity contribution in [2.24, 2.45) is 0 Å². The van der Waals surface area contributed by atoms with Crippen LogP contribution in [0.1, 0.15) is 43.2 Å². The molecular weight excluding hydrogens is 238 g/mol. The molecule has 0 amide bonds. The Bertz CT molecular complexity index is 464. The van der Waals surface area contributed by atoms with Crippen molar-refractivity contribution >= 4 is 0 Å². The Morgan fingerprint density at radius 3 is 2.53 bits per heavy atom. The number of hydrogen-bond donors (Lipinski definition) is 1. The van der Waals surface area contributed by atoms with Crippen LogP contribution in [0, 0.1) is 0 Å². The summed E-state index contributed by atoms with van der Waals surface area (Å²) in [6.07, 6.45) is 7.71. The minimum atomic E-state index is 0.297. The quantitative estimate of drug-likeness (QED) is 0.887. The first-order valence-corrected chi connectivity index (χ1v) is 7.26. The van der Waals surface area contributed by atoms with Gasteiger partial charge in [-0.05, 0) is 30.9 Å². The molecule has 2 aliphatic rings. The molecule has 104 valence electrons. The van der Waals surface area contributed by atoms with E-state index in [0.29, 0.717) is 5.54 Å². The highest BCUT2D eigenvalue weighted by molar-refractivity contribution is 5.52. The molecule has 1 spiro atoms. The van der Waals surface area contributed by atoms with Crippen LogP contribution >= 0.6 is 0 Å². The Morgan fingerprint density at radius 2 is 1.84 bits per heavy atom. The Morgan fingerprint density at radius 1 is 1.05 bits per heavy atom. The van der Waals surface area contributed by atoms with Crippen molar-refractivity contribution in [3.8, 4) is 11.5 Å². The topological polar surface area (TPSA) is 30.5 Å². The van der Waals surface area contributed by atoms with Crippen molar-refractivity contribution in [2.75, 3.05) is 14.2 Å². The van der Waals surface area contributed by atoms with Crippen LogP contribution in [-0.2, 0) is 13.0 Å². The van der Waals surface area contributed by atoms with Crippen LogP contribution in [0.2, 0.25) is 0 Å². The molecule has 1 N–H and O–H groups in total. The van der Waals surface area contributed by atoms with Crippen LogP contribution in [-0.4, -0.2) is 19.8 Å². The summed E-state index contributed by atoms with van der Waals surface area (Å²) in [7, 11) is 3.45. The third-order valence-electron chi connectivity index (χ3n) is 4.73. The predicted octanol–water partition coefficient (Wildman–Crippen LogP) is 3.05. The predicted molar refractivity (Wildman–Crippen MR) is 75.9 cm³/mol. The lowest BCUT2D eigenvalue weighted by Crippen LogP contribution is -2.51. The standard InChI is InChI=1S/C16H23NO2/c1-18-14-7-6-12-11-17-16(8-4-3-5-9-16)10-13(12)15(14)19-2/h6-7,17H,3-5,8-11H2,1-2H3. The lowest BCUT2D eigenvalue weighted by molar-refractivity contribution is 0.212. The molecule has 0 atom stereocenters. The van der Waals surface area contributed by atoms with E-state index in [0.717, 1.165) is 24.5 Å². The highest BCUT2D eigenvalue weighted by atomic mass is 16.5. The van der Waals surface area contributed by atoms with Gasteiger partial charge in [-0.3, -0.25) is 0 Å². The molecule has 1 saturated carbocycles. The molecule has 1 aromatic carbocycles. The number of hydrogen-bond acceptors (Lipinski definition) is 3. The summed E-state index contributed by atoms with van der Waals surface area (Å²) in [6, 6.07) is 4.18. The molecule has 3 nitrogen and oxygen atoms in total. The molecule has 1 fully saturated rings. The third kappa shape index (κ3) is 2.20. The van der Waals surface area contributed by atoms with Crippen LogP contribution < -0.4 is 14.8 Å². The Kier molecular flexibility index (Phi) is 3.40. The molecule has 0 aromatic heterocycles. The Labute approximate surface area is 115 Å². The second-order valence-corrected chi connectivity index (χ2v) is 5.81. The maximum absolute atomic E-state index is 5.62. The summed E-state index contributed by atoms with van der Waals surface area (Å²) in [6.45, 7) is 0.954. The molecule has 19 heavy (non-hydrogen) atoms. The molecule has 1 aliphatic heterocycles. The largest absolute Gasteiger partial charge is 0.493 e. The van der Waals surface area contributed by atoms with E-state index in [-0.39, 0.29) is 0 Å². The highest BCUT2D eigenvalue weighted by Gasteiger charge is 2.36. The minimum absolute atomic E-state index is 0.297. The van der Waals surface area contributed by atoms with Gasteiger partial charge in [0.1, 0.15) is 0 Å². The van der Waals surface area contributed by atoms with Gasteiger partial charge in [0.25, 0.3) is 0 Å². The van der Waals surface area contributed by atoms with Crippen LogP contribution in [0.25, 0.3) is 0 Å². The second kappa shape index (κ2) is 5.04. The van der Waals surface area contributed by atoms with Crippen molar-refractivity contribution in [1.82, 2.24) is 5.32 Å². The van der Waals surface area contributed by atoms with Gasteiger partial charge in [-0.1, -0.05) is 25.3 Å². The van der Waals surface area contributed by atoms with Gasteiger partial charge >= 0.3 is 0 Å². The zero-order chi connectivity index (χ0) is 13.3. The van der Waals surface area contributed by atoms with Gasteiger partial charge in [0.05, 0.1) is 14.2 Å². The molecule has 1 aromatic rings. The molecule has 3 heteroatoms. The zero-order valence-corrected chi connectivity index (χ0v) is 11.9. The summed E-state index contributed by atoms with van der Waals surface area (Å²) in [4.78, 5) is 0. The fourth-order valence-corrected chi connectivity index (χ4v) is 3.66. The molecule has 0 saturated heterocycles. The SMILES string of the molecule is COc1ccc2c(c1OC)CC1(CCCCC1)NC2. The van der Waals surface area contributed by atoms with Crippen molar-refractivity contribution < 1.29 is 9.47 Å². The average Bonchev–Trinajstić information content (AvgIpc) is 2.46. The molecular formula is C16H23NO2. The van der Waals surface area contributed by atoms with Crippen molar-refractivity contribution in [2.45, 2.75) is 50.6 Å². The molecule has 1 heterocycles. The number of fused-ring (bicyclic) bond motifs is 1. The fourth-order valence-electron chi connectivity index (χ4n) is 3.66. The van der Waals surface area contributed by atoms with Gasteiger partial charge in [-0.15, -0.1) is 0 Å². The molecule has 0 radical (unpaired) electrons. The number of benzene rings is 1. The number of methoxy groups -OCH3 is 2. The van der Waals surface area contributed by atoms with Crippen molar-refractivity contribution in [3.63, 3.8) is 0 Å². The van der Waals surface area contributed by atoms with Gasteiger partial charge in [0, 0.05) is 17.6 Å². The first-order chi connectivity index (χ1) is 9.28. The van der Waals surface area contributed by atoms with Crippen LogP contribution in [0.5, 0.6) is 11.5 Å². The third-order valence-corrected chi connectivity index (χ3v) is 4.73. The van der Waals surface area contributed by atoms with E-state index in [4.69, 9.17) is 9.47 Å². The lowest BCUT2D eigenvalue weighted by atomic mass is 9.74. The lowest BCUT2D eigenvalue weighted by Gasteiger charge is -2.42. The van der Waals surface area contributed by atoms with E-state index in [9.17, 15) is 0 Å². The monoisotopic (exact) mass is 261 g/mol. The molecule has 1 aliphatic carbocycles. The maximum Gasteiger partial charge on any atom is 0.164 e. The van der Waals surface area contributed by atoms with E-state index >= 15 is 0 Å². The second-order valence-electron chi connectivity index (χ2n) is 5.81. The van der Waals surface area contributed by atoms with Crippen molar-refractivity contribution in [3.05, 3.63) is 23.3 Å². The smallest absolute Gasteiger partial charge is 0.164 e.